The number of fused-ring (bicyclic) bond motifs is 1. The van der Waals surface area contributed by atoms with Crippen LogP contribution in [-0.4, -0.2) is 35.4 Å². The highest BCUT2D eigenvalue weighted by atomic mass is 32.1. The van der Waals surface area contributed by atoms with Gasteiger partial charge in [0, 0.05) is 28.6 Å². The van der Waals surface area contributed by atoms with Gasteiger partial charge in [-0.3, -0.25) is 14.9 Å². The Morgan fingerprint density at radius 1 is 1.36 bits per heavy atom. The number of esters is 1. The molecule has 0 saturated carbocycles. The van der Waals surface area contributed by atoms with Crippen LogP contribution in [0.4, 0.5) is 5.69 Å². The highest BCUT2D eigenvalue weighted by Crippen LogP contribution is 2.35. The molecule has 2 aromatic rings. The van der Waals surface area contributed by atoms with Crippen LogP contribution in [0.1, 0.15) is 32.4 Å². The average molecular weight is 360 g/mol. The van der Waals surface area contributed by atoms with Crippen molar-refractivity contribution in [2.24, 2.45) is 0 Å². The smallest absolute Gasteiger partial charge is 0.333 e. The van der Waals surface area contributed by atoms with Gasteiger partial charge in [-0.05, 0) is 36.4 Å². The number of nitro groups is 1. The SMILES string of the molecule is COC(=O)C1c2ccsc2CCN1C(=O)c1cccc([N+](=O)[O-])c1C. The second-order valence-electron chi connectivity index (χ2n) is 5.68. The quantitative estimate of drug-likeness (QED) is 0.477. The van der Waals surface area contributed by atoms with E-state index in [0.717, 1.165) is 10.4 Å². The first-order valence-electron chi connectivity index (χ1n) is 7.64. The Morgan fingerprint density at radius 3 is 2.80 bits per heavy atom. The van der Waals surface area contributed by atoms with Crippen LogP contribution in [0, 0.1) is 17.0 Å². The number of benzene rings is 1. The number of hydrogen-bond donors (Lipinski definition) is 0. The van der Waals surface area contributed by atoms with Crippen LogP contribution >= 0.6 is 11.3 Å². The minimum Gasteiger partial charge on any atom is -0.467 e. The number of amides is 1. The lowest BCUT2D eigenvalue weighted by atomic mass is 9.97. The number of nitrogens with zero attached hydrogens (tertiary/aromatic N) is 2. The van der Waals surface area contributed by atoms with Crippen molar-refractivity contribution in [3.8, 4) is 0 Å². The lowest BCUT2D eigenvalue weighted by molar-refractivity contribution is -0.385. The van der Waals surface area contributed by atoms with E-state index < -0.39 is 22.8 Å². The molecule has 1 aliphatic rings. The van der Waals surface area contributed by atoms with Gasteiger partial charge in [-0.1, -0.05) is 6.07 Å². The number of ether oxygens (including phenoxy) is 1. The second kappa shape index (κ2) is 6.64. The lowest BCUT2D eigenvalue weighted by Gasteiger charge is -2.34. The Labute approximate surface area is 148 Å². The van der Waals surface area contributed by atoms with Crippen LogP contribution in [0.25, 0.3) is 0 Å². The Morgan fingerprint density at radius 2 is 2.12 bits per heavy atom. The highest BCUT2D eigenvalue weighted by Gasteiger charge is 2.38. The molecule has 0 N–H and O–H groups in total. The Bertz CT molecular complexity index is 860. The van der Waals surface area contributed by atoms with Gasteiger partial charge in [0.15, 0.2) is 6.04 Å². The summed E-state index contributed by atoms with van der Waals surface area (Å²) in [5.74, 6) is -0.927. The first-order valence-corrected chi connectivity index (χ1v) is 8.52. The molecule has 1 aromatic heterocycles. The number of methoxy groups -OCH3 is 1. The molecular formula is C17H16N2O5S. The molecule has 1 atom stereocenters. The van der Waals surface area contributed by atoms with Crippen molar-refractivity contribution in [2.45, 2.75) is 19.4 Å². The zero-order valence-corrected chi connectivity index (χ0v) is 14.5. The van der Waals surface area contributed by atoms with Gasteiger partial charge in [-0.25, -0.2) is 4.79 Å². The highest BCUT2D eigenvalue weighted by molar-refractivity contribution is 7.10. The Hall–Kier alpha value is -2.74. The summed E-state index contributed by atoms with van der Waals surface area (Å²) in [6.45, 7) is 1.90. The molecule has 130 valence electrons. The Kier molecular flexibility index (Phi) is 4.54. The molecule has 0 radical (unpaired) electrons. The number of carbonyl (C=O) groups excluding carboxylic acids is 2. The van der Waals surface area contributed by atoms with Gasteiger partial charge >= 0.3 is 5.97 Å². The molecule has 2 heterocycles. The molecule has 0 saturated heterocycles. The number of nitro benzene ring substituents is 1. The summed E-state index contributed by atoms with van der Waals surface area (Å²) >= 11 is 1.54. The summed E-state index contributed by atoms with van der Waals surface area (Å²) in [7, 11) is 1.28. The van der Waals surface area contributed by atoms with E-state index in [0.29, 0.717) is 13.0 Å². The maximum Gasteiger partial charge on any atom is 0.333 e. The summed E-state index contributed by atoms with van der Waals surface area (Å²) in [6, 6.07) is 5.37. The normalized spacial score (nSPS) is 16.2. The molecule has 1 unspecified atom stereocenters. The first-order chi connectivity index (χ1) is 12.0. The summed E-state index contributed by atoms with van der Waals surface area (Å²) in [6.07, 6.45) is 0.639. The van der Waals surface area contributed by atoms with Gasteiger partial charge in [0.1, 0.15) is 0 Å². The number of thiophene rings is 1. The van der Waals surface area contributed by atoms with Gasteiger partial charge in [0.05, 0.1) is 12.0 Å². The minimum absolute atomic E-state index is 0.117. The molecule has 7 nitrogen and oxygen atoms in total. The summed E-state index contributed by atoms with van der Waals surface area (Å²) < 4.78 is 4.89. The fourth-order valence-corrected chi connectivity index (χ4v) is 4.01. The average Bonchev–Trinajstić information content (AvgIpc) is 3.08. The van der Waals surface area contributed by atoms with Gasteiger partial charge in [0.2, 0.25) is 0 Å². The predicted octanol–water partition coefficient (Wildman–Crippen LogP) is 2.88. The standard InChI is InChI=1S/C17H16N2O5S/c1-10-11(4-3-5-13(10)19(22)23)16(20)18-8-6-14-12(7-9-25-14)15(18)17(21)24-2/h3-5,7,9,15H,6,8H2,1-2H3. The maximum absolute atomic E-state index is 13.1. The fourth-order valence-electron chi connectivity index (χ4n) is 3.11. The van der Waals surface area contributed by atoms with E-state index in [1.54, 1.807) is 24.3 Å². The molecule has 8 heteroatoms. The van der Waals surface area contributed by atoms with E-state index in [1.807, 2.05) is 11.4 Å². The predicted molar refractivity (Wildman–Crippen MR) is 91.6 cm³/mol. The third-order valence-corrected chi connectivity index (χ3v) is 5.38. The third kappa shape index (κ3) is 2.89. The Balaban J connectivity index is 2.03. The van der Waals surface area contributed by atoms with Crippen LogP contribution < -0.4 is 0 Å². The topological polar surface area (TPSA) is 89.8 Å². The van der Waals surface area contributed by atoms with E-state index in [9.17, 15) is 19.7 Å². The third-order valence-electron chi connectivity index (χ3n) is 4.38. The van der Waals surface area contributed by atoms with Gasteiger partial charge < -0.3 is 9.64 Å². The van der Waals surface area contributed by atoms with Crippen LogP contribution in [-0.2, 0) is 16.0 Å². The van der Waals surface area contributed by atoms with Crippen molar-refractivity contribution in [1.29, 1.82) is 0 Å². The van der Waals surface area contributed by atoms with Crippen molar-refractivity contribution in [1.82, 2.24) is 4.90 Å². The largest absolute Gasteiger partial charge is 0.467 e. The van der Waals surface area contributed by atoms with Gasteiger partial charge in [-0.2, -0.15) is 0 Å². The van der Waals surface area contributed by atoms with Crippen molar-refractivity contribution >= 4 is 28.9 Å². The van der Waals surface area contributed by atoms with Crippen molar-refractivity contribution in [2.75, 3.05) is 13.7 Å². The molecule has 0 fully saturated rings. The molecule has 0 spiro atoms. The second-order valence-corrected chi connectivity index (χ2v) is 6.68. The summed E-state index contributed by atoms with van der Waals surface area (Å²) in [4.78, 5) is 38.5. The van der Waals surface area contributed by atoms with E-state index >= 15 is 0 Å². The van der Waals surface area contributed by atoms with Crippen molar-refractivity contribution < 1.29 is 19.2 Å². The lowest BCUT2D eigenvalue weighted by Crippen LogP contribution is -2.43. The van der Waals surface area contributed by atoms with Crippen LogP contribution in [0.15, 0.2) is 29.6 Å². The van der Waals surface area contributed by atoms with Gasteiger partial charge in [0.25, 0.3) is 11.6 Å². The minimum atomic E-state index is -0.828. The summed E-state index contributed by atoms with van der Waals surface area (Å²) in [5, 5.41) is 13.0. The molecular weight excluding hydrogens is 344 g/mol. The first kappa shape index (κ1) is 17.1. The molecule has 1 aliphatic heterocycles. The van der Waals surface area contributed by atoms with Crippen LogP contribution in [0.2, 0.25) is 0 Å². The number of carbonyl (C=O) groups is 2. The van der Waals surface area contributed by atoms with E-state index in [-0.39, 0.29) is 16.8 Å². The maximum atomic E-state index is 13.1. The zero-order chi connectivity index (χ0) is 18.1. The molecule has 3 rings (SSSR count). The van der Waals surface area contributed by atoms with Crippen LogP contribution in [0.5, 0.6) is 0 Å². The van der Waals surface area contributed by atoms with Crippen LogP contribution in [0.3, 0.4) is 0 Å². The molecule has 0 bridgehead atoms. The van der Waals surface area contributed by atoms with E-state index in [4.69, 9.17) is 4.74 Å². The fraction of sp³-hybridized carbons (Fsp3) is 0.294. The van der Waals surface area contributed by atoms with Crippen molar-refractivity contribution in [3.05, 3.63) is 61.3 Å². The number of hydrogen-bond acceptors (Lipinski definition) is 6. The molecule has 25 heavy (non-hydrogen) atoms. The molecule has 0 aliphatic carbocycles. The molecule has 1 amide bonds. The monoisotopic (exact) mass is 360 g/mol. The zero-order valence-electron chi connectivity index (χ0n) is 13.7. The van der Waals surface area contributed by atoms with E-state index in [1.165, 1.54) is 24.1 Å². The van der Waals surface area contributed by atoms with Gasteiger partial charge in [-0.15, -0.1) is 11.3 Å². The summed E-state index contributed by atoms with van der Waals surface area (Å²) in [5.41, 5.74) is 1.16. The van der Waals surface area contributed by atoms with E-state index in [2.05, 4.69) is 0 Å². The number of rotatable bonds is 3. The van der Waals surface area contributed by atoms with Crippen molar-refractivity contribution in [3.63, 3.8) is 0 Å². The molecule has 1 aromatic carbocycles.